The Kier molecular flexibility index (Phi) is 4.68. The lowest BCUT2D eigenvalue weighted by Gasteiger charge is -2.07. The van der Waals surface area contributed by atoms with Crippen LogP contribution in [0.25, 0.3) is 11.3 Å². The molecule has 19 heavy (non-hydrogen) atoms. The van der Waals surface area contributed by atoms with Crippen LogP contribution < -0.4 is 0 Å². The number of aromatic nitrogens is 2. The monoisotopic (exact) mass is 273 g/mol. The first-order valence-corrected chi connectivity index (χ1v) is 7.24. The molecule has 0 N–H and O–H groups in total. The molecule has 98 valence electrons. The van der Waals surface area contributed by atoms with E-state index in [1.807, 2.05) is 0 Å². The minimum absolute atomic E-state index is 0.393. The van der Waals surface area contributed by atoms with E-state index in [0.29, 0.717) is 23.3 Å². The van der Waals surface area contributed by atoms with Crippen molar-refractivity contribution in [1.82, 2.24) is 9.97 Å². The smallest absolute Gasteiger partial charge is 0.244 e. The maximum atomic E-state index is 10.7. The van der Waals surface area contributed by atoms with Crippen molar-refractivity contribution < 1.29 is 4.21 Å². The van der Waals surface area contributed by atoms with Crippen molar-refractivity contribution in [3.8, 4) is 11.3 Å². The Morgan fingerprint density at radius 3 is 2.58 bits per heavy atom. The summed E-state index contributed by atoms with van der Waals surface area (Å²) in [4.78, 5) is 8.28. The Balaban J connectivity index is 2.29. The summed E-state index contributed by atoms with van der Waals surface area (Å²) >= 11 is 0.545. The molecular weight excluding hydrogens is 256 g/mol. The van der Waals surface area contributed by atoms with Gasteiger partial charge in [-0.1, -0.05) is 38.1 Å². The Hall–Kier alpha value is -1.68. The third-order valence-electron chi connectivity index (χ3n) is 2.87. The number of hydrogen-bond acceptors (Lipinski definition) is 3. The fourth-order valence-electron chi connectivity index (χ4n) is 2.06. The zero-order valence-electron chi connectivity index (χ0n) is 11.2. The molecule has 0 aliphatic carbocycles. The largest absolute Gasteiger partial charge is 0.463 e. The van der Waals surface area contributed by atoms with Gasteiger partial charge in [-0.25, -0.2) is 9.97 Å². The second kappa shape index (κ2) is 6.48. The van der Waals surface area contributed by atoms with Gasteiger partial charge in [-0.2, -0.15) is 0 Å². The molecule has 1 heterocycles. The van der Waals surface area contributed by atoms with Crippen molar-refractivity contribution in [2.45, 2.75) is 26.0 Å². The zero-order valence-corrected chi connectivity index (χ0v) is 12.0. The molecule has 2 rings (SSSR count). The molecule has 0 unspecified atom stereocenters. The quantitative estimate of drug-likeness (QED) is 0.785. The number of nitrogens with zero attached hydrogens (tertiary/aromatic N) is 2. The molecule has 0 saturated heterocycles. The van der Waals surface area contributed by atoms with Crippen LogP contribution in [-0.2, 0) is 28.0 Å². The molecule has 3 nitrogen and oxygen atoms in total. The maximum Gasteiger partial charge on any atom is 0.463 e. The molecule has 0 bridgehead atoms. The van der Waals surface area contributed by atoms with E-state index < -0.39 is 0 Å². The highest BCUT2D eigenvalue weighted by atomic mass is 32.1. The Bertz CT molecular complexity index is 552. The van der Waals surface area contributed by atoms with Gasteiger partial charge in [0.05, 0.1) is 11.3 Å². The van der Waals surface area contributed by atoms with Crippen molar-refractivity contribution in [1.29, 1.82) is 0 Å². The van der Waals surface area contributed by atoms with Gasteiger partial charge in [0.2, 0.25) is 0 Å². The Labute approximate surface area is 117 Å². The summed E-state index contributed by atoms with van der Waals surface area (Å²) in [5, 5.41) is 0. The lowest BCUT2D eigenvalue weighted by Crippen LogP contribution is -1.96. The lowest BCUT2D eigenvalue weighted by atomic mass is 10.00. The number of rotatable bonds is 5. The van der Waals surface area contributed by atoms with E-state index in [0.717, 1.165) is 23.2 Å². The van der Waals surface area contributed by atoms with Gasteiger partial charge in [-0.05, 0) is 17.9 Å². The van der Waals surface area contributed by atoms with Crippen LogP contribution in [0.2, 0.25) is 0 Å². The third-order valence-corrected chi connectivity index (χ3v) is 3.30. The van der Waals surface area contributed by atoms with Gasteiger partial charge in [0.15, 0.2) is 0 Å². The summed E-state index contributed by atoms with van der Waals surface area (Å²) in [7, 11) is 0. The second-order valence-corrected chi connectivity index (χ2v) is 5.48. The van der Waals surface area contributed by atoms with Gasteiger partial charge in [0.25, 0.3) is 5.75 Å². The van der Waals surface area contributed by atoms with E-state index in [2.05, 4.69) is 48.1 Å². The minimum atomic E-state index is 0.393. The van der Waals surface area contributed by atoms with E-state index in [4.69, 9.17) is 0 Å². The zero-order chi connectivity index (χ0) is 13.7. The van der Waals surface area contributed by atoms with E-state index in [1.165, 1.54) is 11.9 Å². The standard InChI is InChI=1S/C15H17N2OS/c1-11(2)7-12-3-5-13(6-4-12)15-14(9-19-18)8-16-10-17-15/h3-6,8,10-11H,7,9H2,1-2H3/q+1. The minimum Gasteiger partial charge on any atom is -0.244 e. The third kappa shape index (κ3) is 3.64. The second-order valence-electron chi connectivity index (χ2n) is 4.95. The summed E-state index contributed by atoms with van der Waals surface area (Å²) in [5.41, 5.74) is 4.11. The van der Waals surface area contributed by atoms with Gasteiger partial charge in [-0.3, -0.25) is 0 Å². The van der Waals surface area contributed by atoms with Gasteiger partial charge in [0, 0.05) is 16.0 Å². The molecular formula is C15H17N2OS+. The maximum absolute atomic E-state index is 10.7. The lowest BCUT2D eigenvalue weighted by molar-refractivity contribution is 0.604. The first-order chi connectivity index (χ1) is 9.20. The fraction of sp³-hybridized carbons (Fsp3) is 0.333. The predicted octanol–water partition coefficient (Wildman–Crippen LogP) is 3.27. The summed E-state index contributed by atoms with van der Waals surface area (Å²) < 4.78 is 10.7. The highest BCUT2D eigenvalue weighted by Gasteiger charge is 2.12. The first kappa shape index (κ1) is 13.7. The summed E-state index contributed by atoms with van der Waals surface area (Å²) in [6, 6.07) is 8.40. The molecule has 0 fully saturated rings. The number of benzene rings is 1. The molecule has 4 heteroatoms. The van der Waals surface area contributed by atoms with Crippen molar-refractivity contribution in [2.24, 2.45) is 5.92 Å². The topological polar surface area (TPSA) is 42.9 Å². The molecule has 0 atom stereocenters. The molecule has 1 aromatic carbocycles. The number of hydrogen-bond donors (Lipinski definition) is 0. The molecule has 0 aliphatic rings. The van der Waals surface area contributed by atoms with Gasteiger partial charge in [-0.15, -0.1) is 0 Å². The Morgan fingerprint density at radius 1 is 1.21 bits per heavy atom. The predicted molar refractivity (Wildman–Crippen MR) is 77.8 cm³/mol. The fourth-order valence-corrected chi connectivity index (χ4v) is 2.40. The summed E-state index contributed by atoms with van der Waals surface area (Å²) in [6.07, 6.45) is 4.32. The van der Waals surface area contributed by atoms with Crippen molar-refractivity contribution >= 4 is 11.7 Å². The van der Waals surface area contributed by atoms with Crippen molar-refractivity contribution in [2.75, 3.05) is 0 Å². The van der Waals surface area contributed by atoms with Crippen LogP contribution in [0.5, 0.6) is 0 Å². The van der Waals surface area contributed by atoms with E-state index >= 15 is 0 Å². The van der Waals surface area contributed by atoms with Crippen LogP contribution in [0.3, 0.4) is 0 Å². The van der Waals surface area contributed by atoms with Gasteiger partial charge in [0.1, 0.15) is 6.33 Å². The van der Waals surface area contributed by atoms with Crippen molar-refractivity contribution in [3.05, 3.63) is 47.9 Å². The summed E-state index contributed by atoms with van der Waals surface area (Å²) in [5.74, 6) is 1.04. The van der Waals surface area contributed by atoms with E-state index in [1.54, 1.807) is 6.20 Å². The summed E-state index contributed by atoms with van der Waals surface area (Å²) in [6.45, 7) is 4.42. The van der Waals surface area contributed by atoms with Crippen LogP contribution in [0, 0.1) is 5.92 Å². The molecule has 0 radical (unpaired) electrons. The molecule has 2 aromatic rings. The van der Waals surface area contributed by atoms with E-state index in [-0.39, 0.29) is 0 Å². The van der Waals surface area contributed by atoms with Crippen LogP contribution in [0.1, 0.15) is 25.0 Å². The average molecular weight is 273 g/mol. The average Bonchev–Trinajstić information content (AvgIpc) is 2.40. The molecule has 0 aliphatic heterocycles. The van der Waals surface area contributed by atoms with Crippen LogP contribution in [0.4, 0.5) is 0 Å². The van der Waals surface area contributed by atoms with Gasteiger partial charge < -0.3 is 0 Å². The van der Waals surface area contributed by atoms with Crippen LogP contribution in [-0.4, -0.2) is 9.97 Å². The molecule has 0 saturated carbocycles. The highest BCUT2D eigenvalue weighted by Crippen LogP contribution is 2.22. The van der Waals surface area contributed by atoms with Gasteiger partial charge >= 0.3 is 11.7 Å². The van der Waals surface area contributed by atoms with Crippen LogP contribution in [0.15, 0.2) is 36.8 Å². The highest BCUT2D eigenvalue weighted by molar-refractivity contribution is 7.64. The molecule has 0 spiro atoms. The normalized spacial score (nSPS) is 10.7. The van der Waals surface area contributed by atoms with Crippen molar-refractivity contribution in [3.63, 3.8) is 0 Å². The molecule has 1 aromatic heterocycles. The SMILES string of the molecule is CC(C)Cc1ccc(-c2ncncc2C[S+]=O)cc1. The first-order valence-electron chi connectivity index (χ1n) is 6.33. The van der Waals surface area contributed by atoms with E-state index in [9.17, 15) is 4.21 Å². The Morgan fingerprint density at radius 2 is 1.95 bits per heavy atom. The van der Waals surface area contributed by atoms with Crippen LogP contribution >= 0.6 is 0 Å². The molecule has 0 amide bonds.